The number of carbonyl (C=O) groups excluding carboxylic acids is 3. The molecule has 1 spiro atoms. The molecule has 0 unspecified atom stereocenters. The molecular formula is C19H16N2O5. The quantitative estimate of drug-likeness (QED) is 0.803. The molecule has 2 aromatic rings. The van der Waals surface area contributed by atoms with Crippen molar-refractivity contribution in [3.05, 3.63) is 59.7 Å². The second-order valence-corrected chi connectivity index (χ2v) is 6.27. The van der Waals surface area contributed by atoms with Gasteiger partial charge in [-0.3, -0.25) is 20.2 Å². The Morgan fingerprint density at radius 1 is 1.04 bits per heavy atom. The highest BCUT2D eigenvalue weighted by molar-refractivity contribution is 6.20. The number of fused-ring (bicyclic) bond motifs is 1. The summed E-state index contributed by atoms with van der Waals surface area (Å²) in [5.74, 6) is -0.168. The lowest BCUT2D eigenvalue weighted by molar-refractivity contribution is -0.153. The molecular weight excluding hydrogens is 336 g/mol. The molecule has 0 aliphatic carbocycles. The molecule has 7 heteroatoms. The Balaban J connectivity index is 1.89. The summed E-state index contributed by atoms with van der Waals surface area (Å²) in [6, 6.07) is 13.4. The van der Waals surface area contributed by atoms with Crippen molar-refractivity contribution >= 4 is 17.8 Å². The summed E-state index contributed by atoms with van der Waals surface area (Å²) in [7, 11) is 1.53. The number of barbiturate groups is 1. The summed E-state index contributed by atoms with van der Waals surface area (Å²) in [5, 5.41) is 4.42. The largest absolute Gasteiger partial charge is 0.497 e. The molecule has 7 nitrogen and oxygen atoms in total. The maximum absolute atomic E-state index is 12.8. The van der Waals surface area contributed by atoms with Crippen molar-refractivity contribution in [2.75, 3.05) is 7.11 Å². The first-order valence-corrected chi connectivity index (χ1v) is 8.10. The molecule has 1 atom stereocenters. The van der Waals surface area contributed by atoms with Crippen LogP contribution in [0.25, 0.3) is 0 Å². The van der Waals surface area contributed by atoms with E-state index in [1.165, 1.54) is 7.11 Å². The first-order valence-electron chi connectivity index (χ1n) is 8.10. The van der Waals surface area contributed by atoms with Gasteiger partial charge >= 0.3 is 6.03 Å². The molecule has 2 N–H and O–H groups in total. The highest BCUT2D eigenvalue weighted by atomic mass is 16.5. The van der Waals surface area contributed by atoms with Crippen molar-refractivity contribution in [2.45, 2.75) is 12.5 Å². The lowest BCUT2D eigenvalue weighted by Gasteiger charge is -2.43. The molecule has 0 radical (unpaired) electrons. The third-order valence-corrected chi connectivity index (χ3v) is 4.80. The monoisotopic (exact) mass is 352 g/mol. The third kappa shape index (κ3) is 2.32. The number of nitrogens with one attached hydrogen (secondary N) is 2. The lowest BCUT2D eigenvalue weighted by Crippen LogP contribution is -2.66. The summed E-state index contributed by atoms with van der Waals surface area (Å²) in [6.45, 7) is 0. The normalized spacial score (nSPS) is 20.7. The van der Waals surface area contributed by atoms with Gasteiger partial charge in [0.1, 0.15) is 17.6 Å². The van der Waals surface area contributed by atoms with E-state index in [0.717, 1.165) is 5.56 Å². The van der Waals surface area contributed by atoms with Gasteiger partial charge in [0.2, 0.25) is 11.8 Å². The molecule has 0 bridgehead atoms. The van der Waals surface area contributed by atoms with Crippen molar-refractivity contribution in [3.63, 3.8) is 0 Å². The zero-order valence-corrected chi connectivity index (χ0v) is 13.9. The van der Waals surface area contributed by atoms with Gasteiger partial charge in [-0.1, -0.05) is 30.3 Å². The average Bonchev–Trinajstić information content (AvgIpc) is 2.65. The van der Waals surface area contributed by atoms with Gasteiger partial charge < -0.3 is 9.47 Å². The number of ether oxygens (including phenoxy) is 2. The summed E-state index contributed by atoms with van der Waals surface area (Å²) in [4.78, 5) is 37.2. The average molecular weight is 352 g/mol. The predicted molar refractivity (Wildman–Crippen MR) is 90.6 cm³/mol. The lowest BCUT2D eigenvalue weighted by atomic mass is 9.70. The number of imide groups is 2. The minimum Gasteiger partial charge on any atom is -0.497 e. The van der Waals surface area contributed by atoms with Crippen LogP contribution in [0.15, 0.2) is 48.5 Å². The van der Waals surface area contributed by atoms with Crippen LogP contribution in [0.5, 0.6) is 11.5 Å². The second kappa shape index (κ2) is 5.87. The summed E-state index contributed by atoms with van der Waals surface area (Å²) >= 11 is 0. The van der Waals surface area contributed by atoms with Crippen molar-refractivity contribution in [1.29, 1.82) is 0 Å². The Hall–Kier alpha value is -3.35. The standard InChI is InChI=1S/C19H16N2O5/c1-25-13-7-4-6-11(9-13)15-19(16(22)20-18(24)21-17(19)23)10-12-5-2-3-8-14(12)26-15/h2-9,15H,10H2,1H3,(H2,20,21,22,23,24)/t15-/m0/s1. The van der Waals surface area contributed by atoms with Crippen LogP contribution in [0.2, 0.25) is 0 Å². The van der Waals surface area contributed by atoms with Gasteiger partial charge in [-0.15, -0.1) is 0 Å². The van der Waals surface area contributed by atoms with Gasteiger partial charge in [-0.05, 0) is 29.3 Å². The third-order valence-electron chi connectivity index (χ3n) is 4.80. The maximum atomic E-state index is 12.8. The van der Waals surface area contributed by atoms with Gasteiger partial charge in [0.25, 0.3) is 0 Å². The zero-order valence-electron chi connectivity index (χ0n) is 13.9. The van der Waals surface area contributed by atoms with E-state index >= 15 is 0 Å². The van der Waals surface area contributed by atoms with E-state index in [0.29, 0.717) is 17.1 Å². The zero-order chi connectivity index (χ0) is 18.3. The van der Waals surface area contributed by atoms with Crippen LogP contribution < -0.4 is 20.1 Å². The Kier molecular flexibility index (Phi) is 3.64. The van der Waals surface area contributed by atoms with E-state index in [4.69, 9.17) is 9.47 Å². The highest BCUT2D eigenvalue weighted by Crippen LogP contribution is 2.48. The fourth-order valence-electron chi connectivity index (χ4n) is 3.51. The van der Waals surface area contributed by atoms with Gasteiger partial charge in [0.15, 0.2) is 5.41 Å². The van der Waals surface area contributed by atoms with E-state index in [1.54, 1.807) is 36.4 Å². The number of methoxy groups -OCH3 is 1. The molecule has 132 valence electrons. The first-order chi connectivity index (χ1) is 12.5. The molecule has 2 aromatic carbocycles. The molecule has 2 aliphatic heterocycles. The van der Waals surface area contributed by atoms with Crippen molar-refractivity contribution in [3.8, 4) is 11.5 Å². The first kappa shape index (κ1) is 16.1. The highest BCUT2D eigenvalue weighted by Gasteiger charge is 2.59. The van der Waals surface area contributed by atoms with E-state index < -0.39 is 29.4 Å². The van der Waals surface area contributed by atoms with Gasteiger partial charge in [0, 0.05) is 6.42 Å². The topological polar surface area (TPSA) is 93.7 Å². The van der Waals surface area contributed by atoms with Crippen LogP contribution in [-0.4, -0.2) is 25.0 Å². The van der Waals surface area contributed by atoms with Crippen molar-refractivity contribution < 1.29 is 23.9 Å². The van der Waals surface area contributed by atoms with E-state index in [2.05, 4.69) is 10.6 Å². The Morgan fingerprint density at radius 3 is 2.50 bits per heavy atom. The Morgan fingerprint density at radius 2 is 1.77 bits per heavy atom. The molecule has 4 amide bonds. The number of carbonyl (C=O) groups is 3. The van der Waals surface area contributed by atoms with E-state index in [1.807, 2.05) is 12.1 Å². The van der Waals surface area contributed by atoms with Crippen LogP contribution in [-0.2, 0) is 16.0 Å². The number of benzene rings is 2. The van der Waals surface area contributed by atoms with Gasteiger partial charge in [-0.2, -0.15) is 0 Å². The predicted octanol–water partition coefficient (Wildman–Crippen LogP) is 1.72. The molecule has 1 fully saturated rings. The minimum atomic E-state index is -1.59. The fourth-order valence-corrected chi connectivity index (χ4v) is 3.51. The van der Waals surface area contributed by atoms with Gasteiger partial charge in [-0.25, -0.2) is 4.79 Å². The smallest absolute Gasteiger partial charge is 0.328 e. The Labute approximate surface area is 149 Å². The molecule has 1 saturated heterocycles. The summed E-state index contributed by atoms with van der Waals surface area (Å²) < 4.78 is 11.3. The summed E-state index contributed by atoms with van der Waals surface area (Å²) in [6.07, 6.45) is -0.781. The molecule has 2 heterocycles. The molecule has 26 heavy (non-hydrogen) atoms. The fraction of sp³-hybridized carbons (Fsp3) is 0.211. The molecule has 4 rings (SSSR count). The minimum absolute atomic E-state index is 0.121. The molecule has 0 saturated carbocycles. The Bertz CT molecular complexity index is 904. The van der Waals surface area contributed by atoms with Crippen LogP contribution in [0.1, 0.15) is 17.2 Å². The summed E-state index contributed by atoms with van der Waals surface area (Å²) in [5.41, 5.74) is -0.251. The molecule has 0 aromatic heterocycles. The van der Waals surface area contributed by atoms with Gasteiger partial charge in [0.05, 0.1) is 7.11 Å². The second-order valence-electron chi connectivity index (χ2n) is 6.27. The van der Waals surface area contributed by atoms with Crippen LogP contribution in [0.4, 0.5) is 4.79 Å². The number of hydrogen-bond acceptors (Lipinski definition) is 5. The van der Waals surface area contributed by atoms with Crippen LogP contribution >= 0.6 is 0 Å². The van der Waals surface area contributed by atoms with Crippen molar-refractivity contribution in [2.24, 2.45) is 5.41 Å². The number of rotatable bonds is 2. The van der Waals surface area contributed by atoms with E-state index in [9.17, 15) is 14.4 Å². The number of amides is 4. The number of urea groups is 1. The number of para-hydroxylation sites is 1. The molecule has 2 aliphatic rings. The van der Waals surface area contributed by atoms with E-state index in [-0.39, 0.29) is 6.42 Å². The number of hydrogen-bond donors (Lipinski definition) is 2. The van der Waals surface area contributed by atoms with Crippen LogP contribution in [0.3, 0.4) is 0 Å². The van der Waals surface area contributed by atoms with Crippen LogP contribution in [0, 0.1) is 5.41 Å². The maximum Gasteiger partial charge on any atom is 0.328 e. The van der Waals surface area contributed by atoms with Crippen molar-refractivity contribution in [1.82, 2.24) is 10.6 Å². The SMILES string of the molecule is COc1cccc([C@@H]2Oc3ccccc3CC23C(=O)NC(=O)NC3=O)c1.